The van der Waals surface area contributed by atoms with E-state index in [4.69, 9.17) is 14.2 Å². The SMILES string of the molecule is COC1OC1c1cc(C2CC2)c(O[C@@H]2CCCN(C(C)(C)C)C2)cc1F. The molecule has 2 saturated heterocycles. The van der Waals surface area contributed by atoms with Crippen LogP contribution in [0.5, 0.6) is 5.75 Å². The highest BCUT2D eigenvalue weighted by molar-refractivity contribution is 5.44. The zero-order chi connectivity index (χ0) is 18.5. The zero-order valence-electron chi connectivity index (χ0n) is 16.3. The van der Waals surface area contributed by atoms with Crippen molar-refractivity contribution in [2.24, 2.45) is 0 Å². The summed E-state index contributed by atoms with van der Waals surface area (Å²) in [7, 11) is 1.59. The van der Waals surface area contributed by atoms with Crippen LogP contribution in [0.1, 0.15) is 69.6 Å². The summed E-state index contributed by atoms with van der Waals surface area (Å²) in [5.41, 5.74) is 1.88. The number of benzene rings is 1. The Morgan fingerprint density at radius 2 is 1.92 bits per heavy atom. The van der Waals surface area contributed by atoms with Gasteiger partial charge in [-0.15, -0.1) is 0 Å². The normalized spacial score (nSPS) is 29.7. The van der Waals surface area contributed by atoms with Crippen LogP contribution >= 0.6 is 0 Å². The maximum Gasteiger partial charge on any atom is 0.188 e. The van der Waals surface area contributed by atoms with E-state index in [1.54, 1.807) is 13.2 Å². The van der Waals surface area contributed by atoms with Crippen LogP contribution in [0.4, 0.5) is 4.39 Å². The Balaban J connectivity index is 1.53. The third-order valence-corrected chi connectivity index (χ3v) is 5.76. The van der Waals surface area contributed by atoms with E-state index in [9.17, 15) is 4.39 Å². The average Bonchev–Trinajstić information content (AvgIpc) is 3.48. The van der Waals surface area contributed by atoms with Gasteiger partial charge in [0, 0.05) is 30.8 Å². The summed E-state index contributed by atoms with van der Waals surface area (Å²) in [5.74, 6) is 0.966. The smallest absolute Gasteiger partial charge is 0.188 e. The molecule has 0 radical (unpaired) electrons. The van der Waals surface area contributed by atoms with Gasteiger partial charge in [0.25, 0.3) is 0 Å². The Morgan fingerprint density at radius 1 is 1.15 bits per heavy atom. The summed E-state index contributed by atoms with van der Waals surface area (Å²) in [6.07, 6.45) is 3.97. The number of piperidine rings is 1. The second kappa shape index (κ2) is 6.77. The lowest BCUT2D eigenvalue weighted by Gasteiger charge is -2.41. The Kier molecular flexibility index (Phi) is 4.74. The van der Waals surface area contributed by atoms with E-state index in [0.29, 0.717) is 11.5 Å². The third-order valence-electron chi connectivity index (χ3n) is 5.76. The van der Waals surface area contributed by atoms with E-state index >= 15 is 0 Å². The molecule has 2 unspecified atom stereocenters. The van der Waals surface area contributed by atoms with Crippen molar-refractivity contribution in [3.63, 3.8) is 0 Å². The molecule has 0 aromatic heterocycles. The predicted octanol–water partition coefficient (Wildman–Crippen LogP) is 4.39. The molecule has 1 saturated carbocycles. The van der Waals surface area contributed by atoms with Gasteiger partial charge in [0.15, 0.2) is 6.29 Å². The van der Waals surface area contributed by atoms with Crippen LogP contribution in [0.3, 0.4) is 0 Å². The van der Waals surface area contributed by atoms with Gasteiger partial charge in [-0.05, 0) is 70.5 Å². The number of nitrogens with zero attached hydrogens (tertiary/aromatic N) is 1. The van der Waals surface area contributed by atoms with Gasteiger partial charge in [-0.25, -0.2) is 4.39 Å². The quantitative estimate of drug-likeness (QED) is 0.727. The lowest BCUT2D eigenvalue weighted by atomic mass is 9.99. The van der Waals surface area contributed by atoms with Crippen molar-refractivity contribution in [3.8, 4) is 5.75 Å². The standard InChI is InChI=1S/C21H30FNO3/c1-21(2,3)23-9-5-6-14(12-23)25-18-11-17(22)16(19-20(24-4)26-19)10-15(18)13-7-8-13/h10-11,13-14,19-20H,5-9,12H2,1-4H3/t14-,19?,20?/m1/s1. The Bertz CT molecular complexity index is 668. The monoisotopic (exact) mass is 363 g/mol. The largest absolute Gasteiger partial charge is 0.489 e. The lowest BCUT2D eigenvalue weighted by molar-refractivity contribution is 0.0341. The van der Waals surface area contributed by atoms with Gasteiger partial charge < -0.3 is 14.2 Å². The van der Waals surface area contributed by atoms with Crippen LogP contribution in [-0.4, -0.2) is 43.0 Å². The first-order valence-electron chi connectivity index (χ1n) is 9.80. The van der Waals surface area contributed by atoms with Gasteiger partial charge in [0.2, 0.25) is 0 Å². The van der Waals surface area contributed by atoms with Crippen molar-refractivity contribution in [3.05, 3.63) is 29.1 Å². The number of hydrogen-bond donors (Lipinski definition) is 0. The fourth-order valence-electron chi connectivity index (χ4n) is 3.94. The van der Waals surface area contributed by atoms with Gasteiger partial charge in [0.05, 0.1) is 0 Å². The molecular formula is C21H30FNO3. The molecule has 1 aromatic rings. The van der Waals surface area contributed by atoms with Gasteiger partial charge in [-0.3, -0.25) is 4.90 Å². The Labute approximate surface area is 155 Å². The van der Waals surface area contributed by atoms with E-state index in [0.717, 1.165) is 50.1 Å². The topological polar surface area (TPSA) is 34.2 Å². The molecule has 2 aliphatic heterocycles. The first-order valence-corrected chi connectivity index (χ1v) is 9.80. The third kappa shape index (κ3) is 3.75. The minimum atomic E-state index is -0.318. The summed E-state index contributed by atoms with van der Waals surface area (Å²) in [5, 5.41) is 0. The van der Waals surface area contributed by atoms with Crippen LogP contribution in [0.25, 0.3) is 0 Å². The summed E-state index contributed by atoms with van der Waals surface area (Å²) in [6, 6.07) is 3.53. The van der Waals surface area contributed by atoms with Crippen LogP contribution < -0.4 is 4.74 Å². The number of halogens is 1. The number of methoxy groups -OCH3 is 1. The molecule has 4 rings (SSSR count). The second-order valence-corrected chi connectivity index (χ2v) is 8.85. The highest BCUT2D eigenvalue weighted by atomic mass is 19.1. The van der Waals surface area contributed by atoms with Crippen LogP contribution in [0, 0.1) is 5.82 Å². The highest BCUT2D eigenvalue weighted by Crippen LogP contribution is 2.48. The highest BCUT2D eigenvalue weighted by Gasteiger charge is 2.43. The van der Waals surface area contributed by atoms with Gasteiger partial charge in [-0.1, -0.05) is 0 Å². The molecular weight excluding hydrogens is 333 g/mol. The molecule has 4 nitrogen and oxygen atoms in total. The number of likely N-dealkylation sites (tertiary alicyclic amines) is 1. The first kappa shape index (κ1) is 18.2. The van der Waals surface area contributed by atoms with Crippen LogP contribution in [0.15, 0.2) is 12.1 Å². The molecule has 5 heteroatoms. The molecule has 0 N–H and O–H groups in total. The second-order valence-electron chi connectivity index (χ2n) is 8.85. The number of ether oxygens (including phenoxy) is 3. The molecule has 0 amide bonds. The molecule has 1 aliphatic carbocycles. The zero-order valence-corrected chi connectivity index (χ0v) is 16.3. The summed E-state index contributed by atoms with van der Waals surface area (Å²) in [4.78, 5) is 2.46. The molecule has 144 valence electrons. The molecule has 0 spiro atoms. The molecule has 3 atom stereocenters. The minimum absolute atomic E-state index is 0.120. The Morgan fingerprint density at radius 3 is 2.54 bits per heavy atom. The number of hydrogen-bond acceptors (Lipinski definition) is 4. The summed E-state index contributed by atoms with van der Waals surface area (Å²) in [6.45, 7) is 8.71. The first-order chi connectivity index (χ1) is 12.4. The fourth-order valence-corrected chi connectivity index (χ4v) is 3.94. The van der Waals surface area contributed by atoms with Gasteiger partial charge in [-0.2, -0.15) is 0 Å². The maximum absolute atomic E-state index is 14.7. The van der Waals surface area contributed by atoms with Crippen molar-refractivity contribution < 1.29 is 18.6 Å². The van der Waals surface area contributed by atoms with Crippen molar-refractivity contribution >= 4 is 0 Å². The molecule has 26 heavy (non-hydrogen) atoms. The Hall–Kier alpha value is -1.17. The van der Waals surface area contributed by atoms with Crippen molar-refractivity contribution in [1.29, 1.82) is 0 Å². The van der Waals surface area contributed by atoms with Gasteiger partial charge >= 0.3 is 0 Å². The predicted molar refractivity (Wildman–Crippen MR) is 98.0 cm³/mol. The summed E-state index contributed by atoms with van der Waals surface area (Å²) < 4.78 is 31.6. The van der Waals surface area contributed by atoms with E-state index in [1.807, 2.05) is 6.07 Å². The summed E-state index contributed by atoms with van der Waals surface area (Å²) >= 11 is 0. The molecule has 3 fully saturated rings. The van der Waals surface area contributed by atoms with Crippen molar-refractivity contribution in [2.45, 2.75) is 76.4 Å². The minimum Gasteiger partial charge on any atom is -0.489 e. The molecule has 2 heterocycles. The molecule has 0 bridgehead atoms. The van der Waals surface area contributed by atoms with Gasteiger partial charge in [0.1, 0.15) is 23.8 Å². The maximum atomic E-state index is 14.7. The van der Waals surface area contributed by atoms with Crippen molar-refractivity contribution in [2.75, 3.05) is 20.2 Å². The van der Waals surface area contributed by atoms with E-state index < -0.39 is 0 Å². The van der Waals surface area contributed by atoms with E-state index in [1.165, 1.54) is 0 Å². The van der Waals surface area contributed by atoms with Crippen LogP contribution in [0.2, 0.25) is 0 Å². The molecule has 3 aliphatic rings. The average molecular weight is 363 g/mol. The molecule has 1 aromatic carbocycles. The number of epoxide rings is 1. The van der Waals surface area contributed by atoms with E-state index in [-0.39, 0.29) is 29.9 Å². The van der Waals surface area contributed by atoms with E-state index in [2.05, 4.69) is 25.7 Å². The van der Waals surface area contributed by atoms with Crippen molar-refractivity contribution in [1.82, 2.24) is 4.90 Å². The lowest BCUT2D eigenvalue weighted by Crippen LogP contribution is -2.50. The fraction of sp³-hybridized carbons (Fsp3) is 0.714. The van der Waals surface area contributed by atoms with Crippen LogP contribution in [-0.2, 0) is 9.47 Å². The number of rotatable bonds is 5.